The Hall–Kier alpha value is -3.43. The smallest absolute Gasteiger partial charge is 0.305 e. The van der Waals surface area contributed by atoms with E-state index >= 15 is 0 Å². The largest absolute Gasteiger partial charge is 0.494 e. The number of aromatic hydroxyl groups is 2. The van der Waals surface area contributed by atoms with E-state index in [9.17, 15) is 24.5 Å². The maximum atomic E-state index is 14.4. The fourth-order valence-corrected chi connectivity index (χ4v) is 5.55. The van der Waals surface area contributed by atoms with Crippen LogP contribution in [0.3, 0.4) is 0 Å². The zero-order valence-electron chi connectivity index (χ0n) is 22.6. The molecule has 10 heteroatoms. The second-order valence-corrected chi connectivity index (χ2v) is 10.7. The van der Waals surface area contributed by atoms with E-state index in [1.165, 1.54) is 35.3 Å². The summed E-state index contributed by atoms with van der Waals surface area (Å²) in [5, 5.41) is 29.4. The third-order valence-corrected chi connectivity index (χ3v) is 7.78. The molecule has 216 valence electrons. The Kier molecular flexibility index (Phi) is 10.2. The summed E-state index contributed by atoms with van der Waals surface area (Å²) in [5.74, 6) is -0.224. The highest BCUT2D eigenvalue weighted by molar-refractivity contribution is 6.30. The second kappa shape index (κ2) is 13.8. The van der Waals surface area contributed by atoms with Gasteiger partial charge in [-0.25, -0.2) is 4.39 Å². The molecule has 1 atom stereocenters. The van der Waals surface area contributed by atoms with Gasteiger partial charge in [0.15, 0.2) is 23.3 Å². The van der Waals surface area contributed by atoms with E-state index in [1.54, 1.807) is 19.2 Å². The summed E-state index contributed by atoms with van der Waals surface area (Å²) >= 11 is 5.93. The SMILES string of the molecule is COc1cc(CN(CC2CCCCC2)C(CC(=O)O)c2ccc(Cl)c(F)c2)ccc1OCCn1c(O)ccc1O. The molecule has 0 aliphatic heterocycles. The van der Waals surface area contributed by atoms with E-state index in [2.05, 4.69) is 4.90 Å². The maximum Gasteiger partial charge on any atom is 0.305 e. The van der Waals surface area contributed by atoms with Crippen LogP contribution >= 0.6 is 11.6 Å². The van der Waals surface area contributed by atoms with E-state index in [0.29, 0.717) is 36.1 Å². The zero-order valence-corrected chi connectivity index (χ0v) is 23.3. The molecule has 0 saturated heterocycles. The molecule has 3 N–H and O–H groups in total. The molecule has 1 aliphatic rings. The quantitative estimate of drug-likeness (QED) is 0.218. The molecule has 0 radical (unpaired) electrons. The molecule has 4 rings (SSSR count). The second-order valence-electron chi connectivity index (χ2n) is 10.3. The summed E-state index contributed by atoms with van der Waals surface area (Å²) in [6, 6.07) is 12.3. The van der Waals surface area contributed by atoms with Gasteiger partial charge in [-0.3, -0.25) is 14.3 Å². The van der Waals surface area contributed by atoms with Crippen molar-refractivity contribution in [2.75, 3.05) is 20.3 Å². The number of methoxy groups -OCH3 is 1. The third kappa shape index (κ3) is 7.61. The molecule has 1 unspecified atom stereocenters. The molecule has 40 heavy (non-hydrogen) atoms. The lowest BCUT2D eigenvalue weighted by Gasteiger charge is -2.35. The van der Waals surface area contributed by atoms with E-state index in [1.807, 2.05) is 12.1 Å². The van der Waals surface area contributed by atoms with Crippen LogP contribution in [0.15, 0.2) is 48.5 Å². The number of carbonyl (C=O) groups is 1. The van der Waals surface area contributed by atoms with Gasteiger partial charge in [-0.05, 0) is 54.2 Å². The van der Waals surface area contributed by atoms with Gasteiger partial charge in [0.05, 0.1) is 25.1 Å². The van der Waals surface area contributed by atoms with Crippen LogP contribution < -0.4 is 9.47 Å². The molecule has 0 bridgehead atoms. The van der Waals surface area contributed by atoms with Crippen molar-refractivity contribution < 1.29 is 34.0 Å². The number of halogens is 2. The number of ether oxygens (including phenoxy) is 2. The van der Waals surface area contributed by atoms with Crippen molar-refractivity contribution in [1.82, 2.24) is 9.47 Å². The summed E-state index contributed by atoms with van der Waals surface area (Å²) in [7, 11) is 1.54. The van der Waals surface area contributed by atoms with Crippen LogP contribution in [-0.4, -0.2) is 51.0 Å². The van der Waals surface area contributed by atoms with E-state index in [0.717, 1.165) is 31.2 Å². The molecule has 2 aromatic carbocycles. The molecule has 1 aromatic heterocycles. The number of hydrogen-bond acceptors (Lipinski definition) is 6. The average molecular weight is 575 g/mol. The third-order valence-electron chi connectivity index (χ3n) is 7.48. The van der Waals surface area contributed by atoms with Gasteiger partial charge in [0.1, 0.15) is 12.4 Å². The fourth-order valence-electron chi connectivity index (χ4n) is 5.43. The number of hydrogen-bond donors (Lipinski definition) is 3. The first-order chi connectivity index (χ1) is 19.2. The van der Waals surface area contributed by atoms with Crippen LogP contribution in [0.1, 0.15) is 55.7 Å². The first-order valence-electron chi connectivity index (χ1n) is 13.5. The van der Waals surface area contributed by atoms with Crippen LogP contribution in [0.4, 0.5) is 4.39 Å². The molecule has 1 saturated carbocycles. The minimum Gasteiger partial charge on any atom is -0.494 e. The van der Waals surface area contributed by atoms with Crippen molar-refractivity contribution in [2.45, 2.75) is 57.7 Å². The number of aromatic nitrogens is 1. The van der Waals surface area contributed by atoms with Crippen LogP contribution in [0.2, 0.25) is 5.02 Å². The topological polar surface area (TPSA) is 104 Å². The Labute approximate surface area is 238 Å². The van der Waals surface area contributed by atoms with Crippen molar-refractivity contribution in [1.29, 1.82) is 0 Å². The van der Waals surface area contributed by atoms with Gasteiger partial charge in [-0.1, -0.05) is 43.0 Å². The molecule has 1 heterocycles. The number of aliphatic carboxylic acids is 1. The highest BCUT2D eigenvalue weighted by Crippen LogP contribution is 2.35. The van der Waals surface area contributed by atoms with Gasteiger partial charge in [-0.15, -0.1) is 0 Å². The van der Waals surface area contributed by atoms with E-state index in [4.69, 9.17) is 21.1 Å². The predicted octanol–water partition coefficient (Wildman–Crippen LogP) is 6.38. The molecule has 1 fully saturated rings. The first-order valence-corrected chi connectivity index (χ1v) is 13.9. The number of carboxylic acids is 1. The summed E-state index contributed by atoms with van der Waals surface area (Å²) < 4.78 is 27.2. The first kappa shape index (κ1) is 29.6. The Bertz CT molecular complexity index is 1270. The Balaban J connectivity index is 1.56. The highest BCUT2D eigenvalue weighted by atomic mass is 35.5. The lowest BCUT2D eigenvalue weighted by molar-refractivity contribution is -0.138. The minimum atomic E-state index is -0.963. The summed E-state index contributed by atoms with van der Waals surface area (Å²) in [6.07, 6.45) is 5.48. The Morgan fingerprint density at radius 1 is 1.07 bits per heavy atom. The average Bonchev–Trinajstić information content (AvgIpc) is 3.26. The number of carboxylic acid groups (broad SMARTS) is 1. The Morgan fingerprint density at radius 2 is 1.80 bits per heavy atom. The lowest BCUT2D eigenvalue weighted by Crippen LogP contribution is -2.35. The number of benzene rings is 2. The van der Waals surface area contributed by atoms with Crippen LogP contribution in [0.25, 0.3) is 0 Å². The van der Waals surface area contributed by atoms with Gasteiger partial charge in [0.2, 0.25) is 0 Å². The van der Waals surface area contributed by atoms with Crippen LogP contribution in [0, 0.1) is 11.7 Å². The normalized spacial score (nSPS) is 14.8. The van der Waals surface area contributed by atoms with Gasteiger partial charge >= 0.3 is 5.97 Å². The highest BCUT2D eigenvalue weighted by Gasteiger charge is 2.28. The van der Waals surface area contributed by atoms with Crippen molar-refractivity contribution in [2.24, 2.45) is 5.92 Å². The van der Waals surface area contributed by atoms with Gasteiger partial charge < -0.3 is 24.8 Å². The fraction of sp³-hybridized carbons (Fsp3) is 0.433. The lowest BCUT2D eigenvalue weighted by atomic mass is 9.88. The summed E-state index contributed by atoms with van der Waals surface area (Å²) in [4.78, 5) is 14.1. The van der Waals surface area contributed by atoms with Crippen molar-refractivity contribution >= 4 is 17.6 Å². The molecular formula is C30H36ClFN2O6. The molecule has 0 spiro atoms. The van der Waals surface area contributed by atoms with Crippen molar-refractivity contribution in [3.05, 3.63) is 70.5 Å². The predicted molar refractivity (Wildman–Crippen MR) is 150 cm³/mol. The molecule has 8 nitrogen and oxygen atoms in total. The van der Waals surface area contributed by atoms with Crippen molar-refractivity contribution in [3.63, 3.8) is 0 Å². The van der Waals surface area contributed by atoms with E-state index in [-0.39, 0.29) is 36.4 Å². The number of rotatable bonds is 13. The van der Waals surface area contributed by atoms with Crippen molar-refractivity contribution in [3.8, 4) is 23.3 Å². The molecule has 1 aliphatic carbocycles. The minimum absolute atomic E-state index is 0.000758. The van der Waals surface area contributed by atoms with Crippen LogP contribution in [-0.2, 0) is 17.9 Å². The van der Waals surface area contributed by atoms with Crippen LogP contribution in [0.5, 0.6) is 23.3 Å². The zero-order chi connectivity index (χ0) is 28.6. The molecule has 3 aromatic rings. The Morgan fingerprint density at radius 3 is 2.45 bits per heavy atom. The molecular weight excluding hydrogens is 539 g/mol. The van der Waals surface area contributed by atoms with Gasteiger partial charge in [-0.2, -0.15) is 0 Å². The van der Waals surface area contributed by atoms with E-state index < -0.39 is 17.8 Å². The maximum absolute atomic E-state index is 14.4. The monoisotopic (exact) mass is 574 g/mol. The standard InChI is InChI=1S/C30H36ClFN2O6/c1-39-27-15-21(7-10-26(27)40-14-13-34-28(35)11-12-29(34)36)19-33(18-20-5-3-2-4-6-20)25(17-30(37)38)22-8-9-23(31)24(32)16-22/h7-12,15-16,20,25,35-36H,2-6,13-14,17-19H2,1H3,(H,37,38). The molecule has 0 amide bonds. The number of nitrogens with zero attached hydrogens (tertiary/aromatic N) is 2. The van der Waals surface area contributed by atoms with Gasteiger partial charge in [0, 0.05) is 31.3 Å². The summed E-state index contributed by atoms with van der Waals surface area (Å²) in [5.41, 5.74) is 1.47. The van der Waals surface area contributed by atoms with Gasteiger partial charge in [0.25, 0.3) is 0 Å². The summed E-state index contributed by atoms with van der Waals surface area (Å²) in [6.45, 7) is 1.54.